The van der Waals surface area contributed by atoms with Crippen molar-refractivity contribution >= 4 is 5.84 Å². The van der Waals surface area contributed by atoms with E-state index in [1.807, 2.05) is 0 Å². The lowest BCUT2D eigenvalue weighted by molar-refractivity contribution is -0.0495. The smallest absolute Gasteiger partial charge is 0.153 e. The molecule has 0 aromatic heterocycles. The minimum absolute atomic E-state index is 0.197. The molecule has 1 saturated heterocycles. The molecule has 0 radical (unpaired) electrons. The minimum Gasteiger partial charge on any atom is -0.409 e. The van der Waals surface area contributed by atoms with Crippen molar-refractivity contribution in [1.82, 2.24) is 4.90 Å². The van der Waals surface area contributed by atoms with Gasteiger partial charge in [-0.2, -0.15) is 0 Å². The van der Waals surface area contributed by atoms with Crippen LogP contribution in [-0.4, -0.2) is 46.8 Å². The first-order valence-corrected chi connectivity index (χ1v) is 8.59. The van der Waals surface area contributed by atoms with Crippen molar-refractivity contribution in [2.45, 2.75) is 82.0 Å². The van der Waals surface area contributed by atoms with Crippen LogP contribution in [0.3, 0.4) is 0 Å². The fraction of sp³-hybridized carbons (Fsp3) is 0.938. The molecule has 1 unspecified atom stereocenters. The molecule has 2 aliphatic carbocycles. The van der Waals surface area contributed by atoms with Crippen LogP contribution in [-0.2, 0) is 4.74 Å². The number of hydrogen-bond acceptors (Lipinski definition) is 4. The third-order valence-corrected chi connectivity index (χ3v) is 5.63. The first kappa shape index (κ1) is 15.1. The maximum absolute atomic E-state index is 8.86. The summed E-state index contributed by atoms with van der Waals surface area (Å²) in [5.74, 6) is 0.315. The molecular weight excluding hydrogens is 266 g/mol. The van der Waals surface area contributed by atoms with Gasteiger partial charge in [0.25, 0.3) is 0 Å². The molecule has 0 aromatic carbocycles. The van der Waals surface area contributed by atoms with Gasteiger partial charge in [-0.05, 0) is 38.5 Å². The van der Waals surface area contributed by atoms with Crippen LogP contribution in [0.1, 0.15) is 64.2 Å². The SMILES string of the molecule is NC(CN(CC1CCC2(CCCC2)O1)C1CCCC1)=NO. The molecule has 3 N–H and O–H groups in total. The fourth-order valence-electron chi connectivity index (χ4n) is 4.52. The summed E-state index contributed by atoms with van der Waals surface area (Å²) in [5.41, 5.74) is 5.95. The number of nitrogens with two attached hydrogens (primary N) is 1. The van der Waals surface area contributed by atoms with Gasteiger partial charge in [-0.25, -0.2) is 0 Å². The molecule has 5 nitrogen and oxygen atoms in total. The average Bonchev–Trinajstić information content (AvgIpc) is 3.22. The Bertz CT molecular complexity index is 374. The van der Waals surface area contributed by atoms with Crippen molar-refractivity contribution in [3.63, 3.8) is 0 Å². The van der Waals surface area contributed by atoms with Gasteiger partial charge in [-0.3, -0.25) is 4.90 Å². The number of amidine groups is 1. The summed E-state index contributed by atoms with van der Waals surface area (Å²) in [7, 11) is 0. The van der Waals surface area contributed by atoms with Crippen LogP contribution in [0.25, 0.3) is 0 Å². The van der Waals surface area contributed by atoms with Crippen molar-refractivity contribution in [2.24, 2.45) is 10.9 Å². The van der Waals surface area contributed by atoms with E-state index >= 15 is 0 Å². The maximum atomic E-state index is 8.86. The van der Waals surface area contributed by atoms with Crippen molar-refractivity contribution in [2.75, 3.05) is 13.1 Å². The first-order valence-electron chi connectivity index (χ1n) is 8.59. The van der Waals surface area contributed by atoms with Gasteiger partial charge < -0.3 is 15.7 Å². The van der Waals surface area contributed by atoms with Crippen LogP contribution < -0.4 is 5.73 Å². The molecule has 3 aliphatic rings. The summed E-state index contributed by atoms with van der Waals surface area (Å²) in [4.78, 5) is 2.39. The molecular formula is C16H29N3O2. The quantitative estimate of drug-likeness (QED) is 0.354. The third kappa shape index (κ3) is 3.51. The van der Waals surface area contributed by atoms with E-state index in [1.54, 1.807) is 0 Å². The molecule has 5 heteroatoms. The van der Waals surface area contributed by atoms with Gasteiger partial charge in [-0.15, -0.1) is 0 Å². The predicted octanol–water partition coefficient (Wildman–Crippen LogP) is 2.47. The van der Waals surface area contributed by atoms with Gasteiger partial charge in [0.1, 0.15) is 0 Å². The van der Waals surface area contributed by atoms with E-state index in [1.165, 1.54) is 64.2 Å². The lowest BCUT2D eigenvalue weighted by atomic mass is 9.98. The van der Waals surface area contributed by atoms with E-state index in [9.17, 15) is 0 Å². The zero-order valence-electron chi connectivity index (χ0n) is 13.0. The molecule has 1 heterocycles. The Kier molecular flexibility index (Phi) is 4.69. The highest BCUT2D eigenvalue weighted by atomic mass is 16.5. The van der Waals surface area contributed by atoms with E-state index in [0.29, 0.717) is 24.5 Å². The van der Waals surface area contributed by atoms with Crippen molar-refractivity contribution in [3.8, 4) is 0 Å². The van der Waals surface area contributed by atoms with Crippen molar-refractivity contribution in [3.05, 3.63) is 0 Å². The van der Waals surface area contributed by atoms with Crippen molar-refractivity contribution < 1.29 is 9.94 Å². The minimum atomic E-state index is 0.197. The Morgan fingerprint density at radius 1 is 1.14 bits per heavy atom. The van der Waals surface area contributed by atoms with E-state index < -0.39 is 0 Å². The topological polar surface area (TPSA) is 71.1 Å². The summed E-state index contributed by atoms with van der Waals surface area (Å²) >= 11 is 0. The number of ether oxygens (including phenoxy) is 1. The number of rotatable bonds is 5. The van der Waals surface area contributed by atoms with E-state index in [4.69, 9.17) is 15.7 Å². The van der Waals surface area contributed by atoms with E-state index in [0.717, 1.165) is 6.54 Å². The highest BCUT2D eigenvalue weighted by molar-refractivity contribution is 5.81. The number of nitrogens with zero attached hydrogens (tertiary/aromatic N) is 2. The van der Waals surface area contributed by atoms with Crippen LogP contribution >= 0.6 is 0 Å². The molecule has 1 atom stereocenters. The lowest BCUT2D eigenvalue weighted by Crippen LogP contribution is -2.44. The van der Waals surface area contributed by atoms with E-state index in [2.05, 4.69) is 10.1 Å². The molecule has 0 aromatic rings. The van der Waals surface area contributed by atoms with Crippen LogP contribution in [0.15, 0.2) is 5.16 Å². The second-order valence-electron chi connectivity index (χ2n) is 7.13. The Morgan fingerprint density at radius 3 is 2.52 bits per heavy atom. The molecule has 3 rings (SSSR count). The Labute approximate surface area is 127 Å². The van der Waals surface area contributed by atoms with Gasteiger partial charge in [0.15, 0.2) is 5.84 Å². The summed E-state index contributed by atoms with van der Waals surface area (Å²) in [6, 6.07) is 0.578. The second kappa shape index (κ2) is 6.53. The van der Waals surface area contributed by atoms with Gasteiger partial charge in [0, 0.05) is 12.6 Å². The first-order chi connectivity index (χ1) is 10.2. The zero-order valence-corrected chi connectivity index (χ0v) is 13.0. The summed E-state index contributed by atoms with van der Waals surface area (Å²) in [6.45, 7) is 1.50. The largest absolute Gasteiger partial charge is 0.409 e. The van der Waals surface area contributed by atoms with Gasteiger partial charge in [-0.1, -0.05) is 30.8 Å². The third-order valence-electron chi connectivity index (χ3n) is 5.63. The number of hydrogen-bond donors (Lipinski definition) is 2. The molecule has 1 spiro atoms. The predicted molar refractivity (Wildman–Crippen MR) is 82.5 cm³/mol. The normalized spacial score (nSPS) is 30.0. The van der Waals surface area contributed by atoms with Gasteiger partial charge in [0.05, 0.1) is 18.2 Å². The van der Waals surface area contributed by atoms with Crippen LogP contribution in [0, 0.1) is 0 Å². The average molecular weight is 295 g/mol. The lowest BCUT2D eigenvalue weighted by Gasteiger charge is -2.31. The molecule has 1 aliphatic heterocycles. The van der Waals surface area contributed by atoms with Gasteiger partial charge in [0.2, 0.25) is 0 Å². The van der Waals surface area contributed by atoms with Crippen LogP contribution in [0.5, 0.6) is 0 Å². The molecule has 2 saturated carbocycles. The highest BCUT2D eigenvalue weighted by Gasteiger charge is 2.43. The molecule has 21 heavy (non-hydrogen) atoms. The summed E-state index contributed by atoms with van der Waals surface area (Å²) in [6.07, 6.45) is 12.9. The maximum Gasteiger partial charge on any atom is 0.153 e. The Balaban J connectivity index is 1.58. The number of oxime groups is 1. The highest BCUT2D eigenvalue weighted by Crippen LogP contribution is 2.43. The Morgan fingerprint density at radius 2 is 1.86 bits per heavy atom. The monoisotopic (exact) mass is 295 g/mol. The van der Waals surface area contributed by atoms with Crippen LogP contribution in [0.2, 0.25) is 0 Å². The molecule has 120 valence electrons. The zero-order chi connectivity index (χ0) is 14.7. The standard InChI is InChI=1S/C16H29N3O2/c17-15(18-20)12-19(13-5-1-2-6-13)11-14-7-10-16(21-14)8-3-4-9-16/h13-14,20H,1-12H2,(H2,17,18). The molecule has 0 amide bonds. The Hall–Kier alpha value is -0.810. The van der Waals surface area contributed by atoms with Crippen molar-refractivity contribution in [1.29, 1.82) is 0 Å². The molecule has 3 fully saturated rings. The second-order valence-corrected chi connectivity index (χ2v) is 7.13. The summed E-state index contributed by atoms with van der Waals surface area (Å²) in [5, 5.41) is 12.0. The molecule has 0 bridgehead atoms. The van der Waals surface area contributed by atoms with E-state index in [-0.39, 0.29) is 5.60 Å². The van der Waals surface area contributed by atoms with Crippen LogP contribution in [0.4, 0.5) is 0 Å². The fourth-order valence-corrected chi connectivity index (χ4v) is 4.52. The van der Waals surface area contributed by atoms with Gasteiger partial charge >= 0.3 is 0 Å². The summed E-state index contributed by atoms with van der Waals surface area (Å²) < 4.78 is 6.43.